The van der Waals surface area contributed by atoms with Crippen LogP contribution >= 0.6 is 0 Å². The lowest BCUT2D eigenvalue weighted by atomic mass is 10.1. The number of hydrogen-bond donors (Lipinski definition) is 2. The Morgan fingerprint density at radius 1 is 1.22 bits per heavy atom. The summed E-state index contributed by atoms with van der Waals surface area (Å²) in [6.07, 6.45) is 5.38. The topological polar surface area (TPSA) is 56.7 Å². The van der Waals surface area contributed by atoms with Gasteiger partial charge in [0.2, 0.25) is 5.91 Å². The van der Waals surface area contributed by atoms with Crippen molar-refractivity contribution in [2.24, 2.45) is 10.9 Å². The zero-order chi connectivity index (χ0) is 19.5. The second-order valence-electron chi connectivity index (χ2n) is 7.75. The monoisotopic (exact) mass is 372 g/mol. The first kappa shape index (κ1) is 21.3. The smallest absolute Gasteiger partial charge is 0.222 e. The van der Waals surface area contributed by atoms with Crippen molar-refractivity contribution >= 4 is 11.9 Å². The summed E-state index contributed by atoms with van der Waals surface area (Å²) in [6, 6.07) is 8.43. The van der Waals surface area contributed by atoms with Crippen molar-refractivity contribution in [2.75, 3.05) is 19.6 Å². The van der Waals surface area contributed by atoms with E-state index >= 15 is 0 Å². The zero-order valence-electron chi connectivity index (χ0n) is 17.3. The van der Waals surface area contributed by atoms with E-state index in [1.54, 1.807) is 0 Å². The number of benzene rings is 1. The van der Waals surface area contributed by atoms with Gasteiger partial charge in [-0.05, 0) is 36.8 Å². The Kier molecular flexibility index (Phi) is 9.16. The minimum Gasteiger partial charge on any atom is -0.357 e. The number of carbonyl (C=O) groups excluding carboxylic acids is 1. The van der Waals surface area contributed by atoms with Crippen LogP contribution in [0.15, 0.2) is 29.3 Å². The van der Waals surface area contributed by atoms with E-state index in [2.05, 4.69) is 55.7 Å². The molecule has 0 spiro atoms. The lowest BCUT2D eigenvalue weighted by Gasteiger charge is -2.16. The highest BCUT2D eigenvalue weighted by molar-refractivity contribution is 5.79. The van der Waals surface area contributed by atoms with Gasteiger partial charge in [0.15, 0.2) is 5.96 Å². The van der Waals surface area contributed by atoms with Gasteiger partial charge in [0, 0.05) is 32.6 Å². The van der Waals surface area contributed by atoms with Crippen LogP contribution in [0.2, 0.25) is 0 Å². The first-order chi connectivity index (χ1) is 13.1. The Morgan fingerprint density at radius 3 is 2.74 bits per heavy atom. The molecule has 0 aromatic heterocycles. The number of nitrogens with one attached hydrogen (secondary N) is 2. The van der Waals surface area contributed by atoms with E-state index in [4.69, 9.17) is 4.99 Å². The van der Waals surface area contributed by atoms with Crippen molar-refractivity contribution < 1.29 is 4.79 Å². The predicted octanol–water partition coefficient (Wildman–Crippen LogP) is 3.69. The number of likely N-dealkylation sites (tertiary alicyclic amines) is 1. The molecule has 1 aliphatic heterocycles. The first-order valence-electron chi connectivity index (χ1n) is 10.5. The van der Waals surface area contributed by atoms with E-state index in [0.29, 0.717) is 19.5 Å². The van der Waals surface area contributed by atoms with E-state index in [9.17, 15) is 4.79 Å². The van der Waals surface area contributed by atoms with Crippen molar-refractivity contribution in [3.05, 3.63) is 35.4 Å². The third kappa shape index (κ3) is 8.02. The molecule has 5 heteroatoms. The standard InChI is InChI=1S/C22H36N4O/c1-4-23-22(24-13-6-5-9-18(2)3)25-16-19-10-7-11-20(15-19)17-26-14-8-12-21(26)27/h7,10-11,15,18H,4-6,8-9,12-14,16-17H2,1-3H3,(H2,23,24,25). The minimum absolute atomic E-state index is 0.273. The number of nitrogens with zero attached hydrogens (tertiary/aromatic N) is 2. The minimum atomic E-state index is 0.273. The molecule has 2 rings (SSSR count). The van der Waals surface area contributed by atoms with Crippen molar-refractivity contribution in [1.29, 1.82) is 0 Å². The van der Waals surface area contributed by atoms with Crippen LogP contribution in [0, 0.1) is 5.92 Å². The molecular formula is C22H36N4O. The quantitative estimate of drug-likeness (QED) is 0.374. The second-order valence-corrected chi connectivity index (χ2v) is 7.75. The summed E-state index contributed by atoms with van der Waals surface area (Å²) in [7, 11) is 0. The first-order valence-corrected chi connectivity index (χ1v) is 10.5. The molecular weight excluding hydrogens is 336 g/mol. The van der Waals surface area contributed by atoms with Gasteiger partial charge in [0.1, 0.15) is 0 Å². The van der Waals surface area contributed by atoms with Gasteiger partial charge < -0.3 is 15.5 Å². The molecule has 1 fully saturated rings. The van der Waals surface area contributed by atoms with Crippen LogP contribution in [-0.4, -0.2) is 36.4 Å². The maximum atomic E-state index is 11.8. The molecule has 0 radical (unpaired) electrons. The van der Waals surface area contributed by atoms with Crippen LogP contribution in [0.4, 0.5) is 0 Å². The van der Waals surface area contributed by atoms with Crippen LogP contribution in [0.1, 0.15) is 64.0 Å². The fourth-order valence-electron chi connectivity index (χ4n) is 3.31. The normalized spacial score (nSPS) is 14.9. The summed E-state index contributed by atoms with van der Waals surface area (Å²) in [5, 5.41) is 6.75. The van der Waals surface area contributed by atoms with Crippen LogP contribution in [0.5, 0.6) is 0 Å². The number of guanidine groups is 1. The highest BCUT2D eigenvalue weighted by atomic mass is 16.2. The van der Waals surface area contributed by atoms with Crippen LogP contribution in [0.25, 0.3) is 0 Å². The molecule has 0 saturated carbocycles. The van der Waals surface area contributed by atoms with Crippen LogP contribution in [-0.2, 0) is 17.9 Å². The molecule has 0 bridgehead atoms. The van der Waals surface area contributed by atoms with Gasteiger partial charge in [0.05, 0.1) is 6.54 Å². The Morgan fingerprint density at radius 2 is 2.04 bits per heavy atom. The van der Waals surface area contributed by atoms with E-state index in [1.807, 2.05) is 4.90 Å². The van der Waals surface area contributed by atoms with Crippen molar-refractivity contribution in [3.63, 3.8) is 0 Å². The van der Waals surface area contributed by atoms with E-state index in [0.717, 1.165) is 37.9 Å². The van der Waals surface area contributed by atoms with Gasteiger partial charge in [0.25, 0.3) is 0 Å². The lowest BCUT2D eigenvalue weighted by Crippen LogP contribution is -2.37. The number of rotatable bonds is 10. The van der Waals surface area contributed by atoms with E-state index in [1.165, 1.54) is 30.4 Å². The second kappa shape index (κ2) is 11.6. The Labute approximate surface area is 164 Å². The molecule has 27 heavy (non-hydrogen) atoms. The van der Waals surface area contributed by atoms with Crippen molar-refractivity contribution in [3.8, 4) is 0 Å². The van der Waals surface area contributed by atoms with Gasteiger partial charge in [-0.25, -0.2) is 4.99 Å². The number of carbonyl (C=O) groups is 1. The Hall–Kier alpha value is -2.04. The Bertz CT molecular complexity index is 612. The fourth-order valence-corrected chi connectivity index (χ4v) is 3.31. The number of amides is 1. The summed E-state index contributed by atoms with van der Waals surface area (Å²) in [5.41, 5.74) is 2.36. The summed E-state index contributed by atoms with van der Waals surface area (Å²) >= 11 is 0. The van der Waals surface area contributed by atoms with Gasteiger partial charge >= 0.3 is 0 Å². The van der Waals surface area contributed by atoms with Crippen molar-refractivity contribution in [1.82, 2.24) is 15.5 Å². The molecule has 1 amide bonds. The summed E-state index contributed by atoms with van der Waals surface area (Å²) in [5.74, 6) is 1.92. The SMILES string of the molecule is CCNC(=NCc1cccc(CN2CCCC2=O)c1)NCCCCC(C)C. The summed E-state index contributed by atoms with van der Waals surface area (Å²) in [6.45, 7) is 10.7. The lowest BCUT2D eigenvalue weighted by molar-refractivity contribution is -0.128. The predicted molar refractivity (Wildman–Crippen MR) is 113 cm³/mol. The van der Waals surface area contributed by atoms with Gasteiger partial charge in [-0.15, -0.1) is 0 Å². The van der Waals surface area contributed by atoms with Gasteiger partial charge in [-0.2, -0.15) is 0 Å². The average molecular weight is 373 g/mol. The maximum Gasteiger partial charge on any atom is 0.222 e. The highest BCUT2D eigenvalue weighted by Gasteiger charge is 2.19. The van der Waals surface area contributed by atoms with E-state index in [-0.39, 0.29) is 5.91 Å². The molecule has 1 aromatic rings. The van der Waals surface area contributed by atoms with Crippen LogP contribution < -0.4 is 10.6 Å². The molecule has 1 aromatic carbocycles. The highest BCUT2D eigenvalue weighted by Crippen LogP contribution is 2.15. The number of aliphatic imine (C=N–C) groups is 1. The molecule has 1 aliphatic rings. The van der Waals surface area contributed by atoms with Crippen molar-refractivity contribution in [2.45, 2.75) is 66.0 Å². The van der Waals surface area contributed by atoms with E-state index < -0.39 is 0 Å². The summed E-state index contributed by atoms with van der Waals surface area (Å²) < 4.78 is 0. The third-order valence-electron chi connectivity index (χ3n) is 4.80. The maximum absolute atomic E-state index is 11.8. The molecule has 0 aliphatic carbocycles. The largest absolute Gasteiger partial charge is 0.357 e. The zero-order valence-corrected chi connectivity index (χ0v) is 17.3. The molecule has 150 valence electrons. The molecule has 2 N–H and O–H groups in total. The molecule has 0 unspecified atom stereocenters. The molecule has 1 heterocycles. The fraction of sp³-hybridized carbons (Fsp3) is 0.636. The van der Waals surface area contributed by atoms with Gasteiger partial charge in [-0.3, -0.25) is 4.79 Å². The van der Waals surface area contributed by atoms with Crippen LogP contribution in [0.3, 0.4) is 0 Å². The molecule has 0 atom stereocenters. The average Bonchev–Trinajstić information content (AvgIpc) is 3.04. The Balaban J connectivity index is 1.85. The number of hydrogen-bond acceptors (Lipinski definition) is 2. The third-order valence-corrected chi connectivity index (χ3v) is 4.80. The molecule has 5 nitrogen and oxygen atoms in total. The summed E-state index contributed by atoms with van der Waals surface area (Å²) in [4.78, 5) is 18.5. The molecule has 1 saturated heterocycles. The number of unbranched alkanes of at least 4 members (excludes halogenated alkanes) is 1. The van der Waals surface area contributed by atoms with Gasteiger partial charge in [-0.1, -0.05) is 51.0 Å².